The highest BCUT2D eigenvalue weighted by atomic mass is 32.2. The van der Waals surface area contributed by atoms with E-state index in [2.05, 4.69) is 29.6 Å². The fourth-order valence-corrected chi connectivity index (χ4v) is 5.79. The lowest BCUT2D eigenvalue weighted by Crippen LogP contribution is -2.41. The quantitative estimate of drug-likeness (QED) is 0.299. The van der Waals surface area contributed by atoms with Crippen molar-refractivity contribution >= 4 is 33.4 Å². The first-order valence-corrected chi connectivity index (χ1v) is 14.2. The molecule has 0 atom stereocenters. The fraction of sp³-hybridized carbons (Fsp3) is 0.296. The average molecular weight is 551 g/mol. The monoisotopic (exact) mass is 550 g/mol. The van der Waals surface area contributed by atoms with Gasteiger partial charge in [-0.25, -0.2) is 8.42 Å². The van der Waals surface area contributed by atoms with E-state index >= 15 is 0 Å². The molecule has 0 spiro atoms. The maximum Gasteiger partial charge on any atom is 0.416 e. The molecule has 0 heterocycles. The molecule has 1 N–H and O–H groups in total. The number of carbonyl (C=O) groups is 1. The summed E-state index contributed by atoms with van der Waals surface area (Å²) < 4.78 is 67.4. The van der Waals surface area contributed by atoms with E-state index in [1.807, 2.05) is 6.92 Å². The zero-order chi connectivity index (χ0) is 27.1. The molecule has 3 aromatic rings. The minimum absolute atomic E-state index is 0.115. The summed E-state index contributed by atoms with van der Waals surface area (Å²) in [5.74, 6) is 1.02. The first kappa shape index (κ1) is 28.6. The lowest BCUT2D eigenvalue weighted by Gasteiger charge is -2.25. The molecule has 10 heteroatoms. The SMILES string of the molecule is Cc1ccc(CSCCCNC(=O)CN(c2cccc(C(F)(F)F)c2)S(=O)(=O)c2ccc(C)cc2)cc1. The van der Waals surface area contributed by atoms with Crippen LogP contribution in [0.4, 0.5) is 18.9 Å². The maximum absolute atomic E-state index is 13.4. The van der Waals surface area contributed by atoms with Crippen LogP contribution in [0.25, 0.3) is 0 Å². The second-order valence-corrected chi connectivity index (χ2v) is 11.6. The standard InChI is InChI=1S/C27H29F3N2O3S2/c1-20-7-11-22(12-8-20)19-36-16-4-15-31-26(33)18-32(24-6-3-5-23(17-24)27(28,29)30)37(34,35)25-13-9-21(2)10-14-25/h3,5-14,17H,4,15-16,18-19H2,1-2H3,(H,31,33). The van der Waals surface area contributed by atoms with Gasteiger partial charge >= 0.3 is 6.18 Å². The normalized spacial score (nSPS) is 11.8. The Kier molecular flexibility index (Phi) is 9.67. The van der Waals surface area contributed by atoms with Crippen LogP contribution in [-0.2, 0) is 26.7 Å². The van der Waals surface area contributed by atoms with E-state index in [0.717, 1.165) is 35.3 Å². The molecule has 0 radical (unpaired) electrons. The van der Waals surface area contributed by atoms with Gasteiger partial charge < -0.3 is 5.32 Å². The number of hydrogen-bond acceptors (Lipinski definition) is 4. The van der Waals surface area contributed by atoms with Crippen LogP contribution in [0.1, 0.15) is 28.7 Å². The molecular weight excluding hydrogens is 521 g/mol. The molecule has 0 aliphatic heterocycles. The Balaban J connectivity index is 1.66. The molecule has 0 aliphatic carbocycles. The molecule has 0 aliphatic rings. The summed E-state index contributed by atoms with van der Waals surface area (Å²) in [5, 5.41) is 2.69. The minimum Gasteiger partial charge on any atom is -0.354 e. The number of anilines is 1. The number of sulfonamides is 1. The van der Waals surface area contributed by atoms with Crippen LogP contribution >= 0.6 is 11.8 Å². The third-order valence-corrected chi connectivity index (χ3v) is 8.44. The maximum atomic E-state index is 13.4. The Morgan fingerprint density at radius 3 is 2.19 bits per heavy atom. The Morgan fingerprint density at radius 1 is 0.946 bits per heavy atom. The molecule has 0 unspecified atom stereocenters. The smallest absolute Gasteiger partial charge is 0.354 e. The molecule has 3 aromatic carbocycles. The third kappa shape index (κ3) is 8.26. The fourth-order valence-electron chi connectivity index (χ4n) is 3.45. The van der Waals surface area contributed by atoms with Crippen molar-refractivity contribution in [3.05, 3.63) is 95.1 Å². The van der Waals surface area contributed by atoms with Gasteiger partial charge in [0.1, 0.15) is 6.54 Å². The zero-order valence-electron chi connectivity index (χ0n) is 20.6. The van der Waals surface area contributed by atoms with Crippen LogP contribution in [0.2, 0.25) is 0 Å². The average Bonchev–Trinajstić information content (AvgIpc) is 2.85. The predicted octanol–water partition coefficient (Wildman–Crippen LogP) is 5.96. The van der Waals surface area contributed by atoms with Crippen molar-refractivity contribution < 1.29 is 26.4 Å². The summed E-state index contributed by atoms with van der Waals surface area (Å²) in [7, 11) is -4.30. The van der Waals surface area contributed by atoms with Gasteiger partial charge in [0.05, 0.1) is 16.1 Å². The molecule has 3 rings (SSSR count). The van der Waals surface area contributed by atoms with Crippen molar-refractivity contribution in [2.45, 2.75) is 37.1 Å². The summed E-state index contributed by atoms with van der Waals surface area (Å²) >= 11 is 1.72. The number of aryl methyl sites for hydroxylation is 2. The van der Waals surface area contributed by atoms with E-state index in [-0.39, 0.29) is 10.6 Å². The number of nitrogens with zero attached hydrogens (tertiary/aromatic N) is 1. The highest BCUT2D eigenvalue weighted by Gasteiger charge is 2.33. The molecule has 0 fully saturated rings. The molecule has 0 saturated heterocycles. The number of halogens is 3. The molecule has 5 nitrogen and oxygen atoms in total. The van der Waals surface area contributed by atoms with Crippen LogP contribution in [0, 0.1) is 13.8 Å². The zero-order valence-corrected chi connectivity index (χ0v) is 22.2. The first-order valence-electron chi connectivity index (χ1n) is 11.6. The Hall–Kier alpha value is -2.98. The lowest BCUT2D eigenvalue weighted by atomic mass is 10.2. The van der Waals surface area contributed by atoms with E-state index in [0.29, 0.717) is 17.3 Å². The van der Waals surface area contributed by atoms with Crippen LogP contribution in [0.15, 0.2) is 77.7 Å². The van der Waals surface area contributed by atoms with Crippen molar-refractivity contribution in [3.63, 3.8) is 0 Å². The number of alkyl halides is 3. The van der Waals surface area contributed by atoms with Crippen molar-refractivity contribution in [1.82, 2.24) is 5.32 Å². The van der Waals surface area contributed by atoms with E-state index in [4.69, 9.17) is 0 Å². The van der Waals surface area contributed by atoms with Crippen LogP contribution in [-0.4, -0.2) is 33.2 Å². The summed E-state index contributed by atoms with van der Waals surface area (Å²) in [6, 6.07) is 18.1. The molecule has 198 valence electrons. The van der Waals surface area contributed by atoms with E-state index < -0.39 is 34.2 Å². The van der Waals surface area contributed by atoms with Gasteiger partial charge in [-0.2, -0.15) is 24.9 Å². The summed E-state index contributed by atoms with van der Waals surface area (Å²) in [6.07, 6.45) is -4.00. The molecule has 0 aromatic heterocycles. The van der Waals surface area contributed by atoms with Gasteiger partial charge in [0, 0.05) is 12.3 Å². The summed E-state index contributed by atoms with van der Waals surface area (Å²) in [4.78, 5) is 12.6. The second-order valence-electron chi connectivity index (χ2n) is 8.61. The summed E-state index contributed by atoms with van der Waals surface area (Å²) in [5.41, 5.74) is 1.99. The highest BCUT2D eigenvalue weighted by molar-refractivity contribution is 7.98. The van der Waals surface area contributed by atoms with Crippen molar-refractivity contribution in [2.24, 2.45) is 0 Å². The molecule has 37 heavy (non-hydrogen) atoms. The number of nitrogens with one attached hydrogen (secondary N) is 1. The number of hydrogen-bond donors (Lipinski definition) is 1. The molecule has 0 bridgehead atoms. The Bertz CT molecular complexity index is 1290. The number of benzene rings is 3. The summed E-state index contributed by atoms with van der Waals surface area (Å²) in [6.45, 7) is 3.49. The Morgan fingerprint density at radius 2 is 1.57 bits per heavy atom. The number of rotatable bonds is 11. The van der Waals surface area contributed by atoms with E-state index in [1.165, 1.54) is 29.3 Å². The van der Waals surface area contributed by atoms with Gasteiger partial charge in [-0.05, 0) is 61.9 Å². The third-order valence-electron chi connectivity index (χ3n) is 5.53. The number of thioether (sulfide) groups is 1. The van der Waals surface area contributed by atoms with Crippen molar-refractivity contribution in [3.8, 4) is 0 Å². The highest BCUT2D eigenvalue weighted by Crippen LogP contribution is 2.33. The Labute approximate surface area is 220 Å². The molecule has 0 saturated carbocycles. The predicted molar refractivity (Wildman–Crippen MR) is 142 cm³/mol. The van der Waals surface area contributed by atoms with Gasteiger partial charge in [-0.1, -0.05) is 53.6 Å². The van der Waals surface area contributed by atoms with Crippen molar-refractivity contribution in [2.75, 3.05) is 23.1 Å². The second kappa shape index (κ2) is 12.5. The number of carbonyl (C=O) groups excluding carboxylic acids is 1. The van der Waals surface area contributed by atoms with Gasteiger partial charge in [0.15, 0.2) is 0 Å². The lowest BCUT2D eigenvalue weighted by molar-refractivity contribution is -0.137. The first-order chi connectivity index (χ1) is 17.5. The van der Waals surface area contributed by atoms with Crippen LogP contribution < -0.4 is 9.62 Å². The van der Waals surface area contributed by atoms with Crippen LogP contribution in [0.3, 0.4) is 0 Å². The van der Waals surface area contributed by atoms with Gasteiger partial charge in [-0.3, -0.25) is 9.10 Å². The van der Waals surface area contributed by atoms with Gasteiger partial charge in [-0.15, -0.1) is 0 Å². The van der Waals surface area contributed by atoms with E-state index in [9.17, 15) is 26.4 Å². The molecule has 1 amide bonds. The minimum atomic E-state index is -4.66. The van der Waals surface area contributed by atoms with Gasteiger partial charge in [0.25, 0.3) is 10.0 Å². The largest absolute Gasteiger partial charge is 0.416 e. The van der Waals surface area contributed by atoms with Crippen molar-refractivity contribution in [1.29, 1.82) is 0 Å². The number of amides is 1. The topological polar surface area (TPSA) is 66.5 Å². The van der Waals surface area contributed by atoms with Crippen LogP contribution in [0.5, 0.6) is 0 Å². The van der Waals surface area contributed by atoms with E-state index in [1.54, 1.807) is 30.8 Å². The molecular formula is C27H29F3N2O3S2. The van der Waals surface area contributed by atoms with Gasteiger partial charge in [0.2, 0.25) is 5.91 Å².